The second-order valence-corrected chi connectivity index (χ2v) is 10.7. The van der Waals surface area contributed by atoms with Gasteiger partial charge in [0.15, 0.2) is 0 Å². The van der Waals surface area contributed by atoms with Crippen LogP contribution in [0.2, 0.25) is 0 Å². The average molecular weight is 561 g/mol. The summed E-state index contributed by atoms with van der Waals surface area (Å²) in [5, 5.41) is 33.4. The van der Waals surface area contributed by atoms with E-state index in [1.165, 1.54) is 0 Å². The SMILES string of the molecule is N#Cc1ccc2c(c1)c1cc(C#N)ccc1n2-c1cc(-c2ccccc2C#N)cc(-n2c3ccccc3c3ccncc32)c1. The quantitative estimate of drug-likeness (QED) is 0.216. The van der Waals surface area contributed by atoms with Crippen molar-refractivity contribution >= 4 is 43.6 Å². The zero-order chi connectivity index (χ0) is 29.8. The molecule has 0 aliphatic rings. The highest BCUT2D eigenvalue weighted by Crippen LogP contribution is 2.38. The summed E-state index contributed by atoms with van der Waals surface area (Å²) in [6, 6.07) is 42.5. The molecule has 6 nitrogen and oxygen atoms in total. The first-order chi connectivity index (χ1) is 21.7. The molecule has 0 spiro atoms. The Kier molecular flexibility index (Phi) is 5.53. The standard InChI is InChI=1S/C38H20N6/c39-20-24-9-11-36-33(15-24)34-16-25(21-40)10-12-37(34)43(36)28-17-27(30-6-2-1-5-26(30)22-41)18-29(19-28)44-35-8-4-3-7-31(35)32-13-14-42-23-38(32)44/h1-19,23H. The van der Waals surface area contributed by atoms with Gasteiger partial charge in [-0.1, -0.05) is 36.4 Å². The molecule has 0 bridgehead atoms. The van der Waals surface area contributed by atoms with Crippen molar-refractivity contribution in [3.63, 3.8) is 0 Å². The zero-order valence-electron chi connectivity index (χ0n) is 23.2. The number of nitriles is 3. The van der Waals surface area contributed by atoms with Crippen LogP contribution in [0.5, 0.6) is 0 Å². The van der Waals surface area contributed by atoms with Crippen LogP contribution in [-0.2, 0) is 0 Å². The highest BCUT2D eigenvalue weighted by molar-refractivity contribution is 6.11. The first-order valence-corrected chi connectivity index (χ1v) is 14.1. The molecule has 0 radical (unpaired) electrons. The van der Waals surface area contributed by atoms with Gasteiger partial charge in [-0.2, -0.15) is 15.8 Å². The van der Waals surface area contributed by atoms with Gasteiger partial charge in [-0.05, 0) is 83.9 Å². The Bertz CT molecular complexity index is 2470. The molecule has 0 amide bonds. The van der Waals surface area contributed by atoms with Gasteiger partial charge in [0.25, 0.3) is 0 Å². The Morgan fingerprint density at radius 2 is 1.09 bits per heavy atom. The summed E-state index contributed by atoms with van der Waals surface area (Å²) in [5.41, 5.74) is 9.05. The van der Waals surface area contributed by atoms with Gasteiger partial charge in [0.05, 0.1) is 63.2 Å². The summed E-state index contributed by atoms with van der Waals surface area (Å²) < 4.78 is 4.39. The normalized spacial score (nSPS) is 11.1. The van der Waals surface area contributed by atoms with Crippen molar-refractivity contribution in [2.45, 2.75) is 0 Å². The van der Waals surface area contributed by atoms with E-state index in [4.69, 9.17) is 0 Å². The van der Waals surface area contributed by atoms with E-state index in [2.05, 4.69) is 62.7 Å². The molecule has 0 aliphatic heterocycles. The first kappa shape index (κ1) is 25.1. The fourth-order valence-corrected chi connectivity index (χ4v) is 6.38. The third-order valence-corrected chi connectivity index (χ3v) is 8.28. The molecule has 8 rings (SSSR count). The Labute approximate surface area is 252 Å². The molecule has 6 heteroatoms. The maximum atomic E-state index is 10.0. The molecule has 8 aromatic rings. The van der Waals surface area contributed by atoms with Crippen LogP contribution >= 0.6 is 0 Å². The number of hydrogen-bond donors (Lipinski definition) is 0. The van der Waals surface area contributed by atoms with Crippen LogP contribution in [0, 0.1) is 34.0 Å². The van der Waals surface area contributed by atoms with Crippen LogP contribution in [0.25, 0.3) is 66.1 Å². The summed E-state index contributed by atoms with van der Waals surface area (Å²) in [5.74, 6) is 0. The fraction of sp³-hybridized carbons (Fsp3) is 0. The van der Waals surface area contributed by atoms with Gasteiger partial charge in [0.1, 0.15) is 0 Å². The molecule has 3 heterocycles. The second kappa shape index (κ2) is 9.71. The maximum Gasteiger partial charge on any atom is 0.0998 e. The third kappa shape index (κ3) is 3.68. The Morgan fingerprint density at radius 1 is 0.500 bits per heavy atom. The van der Waals surface area contributed by atoms with E-state index in [9.17, 15) is 15.8 Å². The zero-order valence-corrected chi connectivity index (χ0v) is 23.2. The molecular weight excluding hydrogens is 540 g/mol. The highest BCUT2D eigenvalue weighted by Gasteiger charge is 2.18. The van der Waals surface area contributed by atoms with E-state index in [1.807, 2.05) is 91.3 Å². The van der Waals surface area contributed by atoms with Crippen molar-refractivity contribution in [2.75, 3.05) is 0 Å². The van der Waals surface area contributed by atoms with E-state index in [0.717, 1.165) is 66.1 Å². The smallest absolute Gasteiger partial charge is 0.0998 e. The van der Waals surface area contributed by atoms with Crippen molar-refractivity contribution in [1.29, 1.82) is 15.8 Å². The van der Waals surface area contributed by atoms with Crippen molar-refractivity contribution in [1.82, 2.24) is 14.1 Å². The summed E-state index contributed by atoms with van der Waals surface area (Å²) in [7, 11) is 0. The van der Waals surface area contributed by atoms with Crippen molar-refractivity contribution in [2.24, 2.45) is 0 Å². The number of aromatic nitrogens is 3. The van der Waals surface area contributed by atoms with Crippen LogP contribution in [0.1, 0.15) is 16.7 Å². The number of rotatable bonds is 3. The van der Waals surface area contributed by atoms with Crippen molar-refractivity contribution in [3.8, 4) is 40.7 Å². The van der Waals surface area contributed by atoms with E-state index in [1.54, 1.807) is 0 Å². The molecule has 0 unspecified atom stereocenters. The van der Waals surface area contributed by atoms with E-state index in [-0.39, 0.29) is 0 Å². The largest absolute Gasteiger partial charge is 0.309 e. The van der Waals surface area contributed by atoms with E-state index >= 15 is 0 Å². The lowest BCUT2D eigenvalue weighted by molar-refractivity contribution is 1.13. The molecule has 0 atom stereocenters. The summed E-state index contributed by atoms with van der Waals surface area (Å²) in [4.78, 5) is 4.47. The highest BCUT2D eigenvalue weighted by atomic mass is 15.0. The van der Waals surface area contributed by atoms with Crippen LogP contribution in [0.15, 0.2) is 122 Å². The predicted octanol–water partition coefficient (Wildman–Crippen LogP) is 8.56. The van der Waals surface area contributed by atoms with Gasteiger partial charge in [-0.3, -0.25) is 4.98 Å². The van der Waals surface area contributed by atoms with E-state index < -0.39 is 0 Å². The van der Waals surface area contributed by atoms with Crippen LogP contribution in [0.3, 0.4) is 0 Å². The molecule has 3 aromatic heterocycles. The lowest BCUT2D eigenvalue weighted by atomic mass is 9.99. The number of benzene rings is 5. The lowest BCUT2D eigenvalue weighted by Crippen LogP contribution is -2.00. The molecular formula is C38H20N6. The maximum absolute atomic E-state index is 10.0. The summed E-state index contributed by atoms with van der Waals surface area (Å²) >= 11 is 0. The second-order valence-electron chi connectivity index (χ2n) is 10.7. The minimum absolute atomic E-state index is 0.550. The first-order valence-electron chi connectivity index (χ1n) is 14.1. The summed E-state index contributed by atoms with van der Waals surface area (Å²) in [6.07, 6.45) is 3.70. The number of pyridine rings is 1. The van der Waals surface area contributed by atoms with Crippen molar-refractivity contribution in [3.05, 3.63) is 138 Å². The average Bonchev–Trinajstić information content (AvgIpc) is 3.60. The van der Waals surface area contributed by atoms with Crippen LogP contribution in [-0.4, -0.2) is 14.1 Å². The van der Waals surface area contributed by atoms with Crippen molar-refractivity contribution < 1.29 is 0 Å². The van der Waals surface area contributed by atoms with Gasteiger partial charge < -0.3 is 9.13 Å². The molecule has 44 heavy (non-hydrogen) atoms. The minimum atomic E-state index is 0.550. The summed E-state index contributed by atoms with van der Waals surface area (Å²) in [6.45, 7) is 0. The molecule has 0 N–H and O–H groups in total. The van der Waals surface area contributed by atoms with Gasteiger partial charge in [0, 0.05) is 39.1 Å². The minimum Gasteiger partial charge on any atom is -0.309 e. The monoisotopic (exact) mass is 560 g/mol. The van der Waals surface area contributed by atoms with Crippen LogP contribution < -0.4 is 0 Å². The Hall–Kier alpha value is -6.68. The van der Waals surface area contributed by atoms with Gasteiger partial charge in [-0.25, -0.2) is 0 Å². The van der Waals surface area contributed by atoms with Gasteiger partial charge >= 0.3 is 0 Å². The molecule has 0 saturated heterocycles. The number of fused-ring (bicyclic) bond motifs is 6. The van der Waals surface area contributed by atoms with Crippen LogP contribution in [0.4, 0.5) is 0 Å². The molecule has 0 fully saturated rings. The molecule has 0 saturated carbocycles. The molecule has 0 aliphatic carbocycles. The predicted molar refractivity (Wildman–Crippen MR) is 172 cm³/mol. The Morgan fingerprint density at radius 3 is 1.77 bits per heavy atom. The molecule has 202 valence electrons. The third-order valence-electron chi connectivity index (χ3n) is 8.28. The van der Waals surface area contributed by atoms with E-state index in [0.29, 0.717) is 16.7 Å². The number of hydrogen-bond acceptors (Lipinski definition) is 4. The topological polar surface area (TPSA) is 94.1 Å². The van der Waals surface area contributed by atoms with Gasteiger partial charge in [0.2, 0.25) is 0 Å². The van der Waals surface area contributed by atoms with Gasteiger partial charge in [-0.15, -0.1) is 0 Å². The lowest BCUT2D eigenvalue weighted by Gasteiger charge is -2.16. The molecule has 5 aromatic carbocycles. The fourth-order valence-electron chi connectivity index (χ4n) is 6.38. The Balaban J connectivity index is 1.52. The number of para-hydroxylation sites is 1. The number of nitrogens with zero attached hydrogens (tertiary/aromatic N) is 6.